The zero-order chi connectivity index (χ0) is 15.8. The minimum atomic E-state index is -0.336. The minimum Gasteiger partial charge on any atom is -0.493 e. The molecule has 5 nitrogen and oxygen atoms in total. The van der Waals surface area contributed by atoms with Crippen LogP contribution >= 0.6 is 11.6 Å². The Kier molecular flexibility index (Phi) is 5.91. The Bertz CT molecular complexity index is 634. The van der Waals surface area contributed by atoms with Gasteiger partial charge in [0.1, 0.15) is 6.61 Å². The number of hydrogen-bond acceptors (Lipinski definition) is 3. The lowest BCUT2D eigenvalue weighted by Crippen LogP contribution is -2.32. The summed E-state index contributed by atoms with van der Waals surface area (Å²) in [5, 5.41) is 5.85. The predicted octanol–water partition coefficient (Wildman–Crippen LogP) is 3.55. The lowest BCUT2D eigenvalue weighted by atomic mass is 10.3. The van der Waals surface area contributed by atoms with Crippen molar-refractivity contribution >= 4 is 23.3 Å². The molecule has 0 saturated heterocycles. The van der Waals surface area contributed by atoms with Crippen molar-refractivity contribution in [2.45, 2.75) is 0 Å². The molecule has 0 unspecified atom stereocenters. The van der Waals surface area contributed by atoms with Gasteiger partial charge in [0.15, 0.2) is 11.5 Å². The van der Waals surface area contributed by atoms with Crippen LogP contribution in [0.15, 0.2) is 48.5 Å². The Balaban J connectivity index is 1.75. The number of anilines is 1. The summed E-state index contributed by atoms with van der Waals surface area (Å²) in [5.74, 6) is 1.29. The Hall–Kier alpha value is -2.40. The highest BCUT2D eigenvalue weighted by molar-refractivity contribution is 6.33. The van der Waals surface area contributed by atoms with Crippen molar-refractivity contribution in [3.05, 3.63) is 53.6 Å². The third kappa shape index (κ3) is 4.56. The van der Waals surface area contributed by atoms with Gasteiger partial charge in [-0.15, -0.1) is 0 Å². The number of carbonyl (C=O) groups excluding carboxylic acids is 1. The quantitative estimate of drug-likeness (QED) is 0.800. The van der Waals surface area contributed by atoms with Crippen molar-refractivity contribution < 1.29 is 14.3 Å². The molecule has 6 heteroatoms. The van der Waals surface area contributed by atoms with Gasteiger partial charge in [0.05, 0.1) is 24.4 Å². The maximum Gasteiger partial charge on any atom is 0.319 e. The summed E-state index contributed by atoms with van der Waals surface area (Å²) in [6.07, 6.45) is 0. The van der Waals surface area contributed by atoms with Crippen LogP contribution in [0.4, 0.5) is 10.5 Å². The average Bonchev–Trinajstić information content (AvgIpc) is 2.54. The summed E-state index contributed by atoms with van der Waals surface area (Å²) >= 11 is 5.96. The molecule has 0 bridgehead atoms. The summed E-state index contributed by atoms with van der Waals surface area (Å²) in [5.41, 5.74) is 0.562. The Morgan fingerprint density at radius 3 is 2.50 bits per heavy atom. The Morgan fingerprint density at radius 1 is 1.09 bits per heavy atom. The first kappa shape index (κ1) is 16.0. The molecule has 0 aliphatic heterocycles. The number of carbonyl (C=O) groups is 1. The van der Waals surface area contributed by atoms with Gasteiger partial charge in [-0.3, -0.25) is 0 Å². The zero-order valence-electron chi connectivity index (χ0n) is 12.1. The van der Waals surface area contributed by atoms with Gasteiger partial charge in [0, 0.05) is 0 Å². The molecule has 0 aliphatic rings. The van der Waals surface area contributed by atoms with Gasteiger partial charge >= 0.3 is 6.03 Å². The first-order chi connectivity index (χ1) is 10.7. The van der Waals surface area contributed by atoms with Gasteiger partial charge in [0.25, 0.3) is 0 Å². The second-order valence-corrected chi connectivity index (χ2v) is 4.77. The topological polar surface area (TPSA) is 59.6 Å². The molecule has 0 spiro atoms. The molecule has 2 aromatic rings. The van der Waals surface area contributed by atoms with E-state index in [0.29, 0.717) is 35.4 Å². The van der Waals surface area contributed by atoms with Crippen LogP contribution in [0.1, 0.15) is 0 Å². The number of urea groups is 1. The lowest BCUT2D eigenvalue weighted by Gasteiger charge is -2.11. The number of rotatable bonds is 6. The largest absolute Gasteiger partial charge is 0.493 e. The van der Waals surface area contributed by atoms with Gasteiger partial charge in [-0.1, -0.05) is 35.9 Å². The summed E-state index contributed by atoms with van der Waals surface area (Å²) in [4.78, 5) is 11.7. The standard InChI is InChI=1S/C16H17ClN2O3/c1-21-14-8-4-5-9-15(14)22-11-10-18-16(20)19-13-7-3-2-6-12(13)17/h2-9H,10-11H2,1H3,(H2,18,19,20). The van der Waals surface area contributed by atoms with Crippen LogP contribution in [-0.4, -0.2) is 26.3 Å². The van der Waals surface area contributed by atoms with Crippen molar-refractivity contribution in [1.82, 2.24) is 5.32 Å². The molecule has 0 aliphatic carbocycles. The molecule has 0 aromatic heterocycles. The summed E-state index contributed by atoms with van der Waals surface area (Å²) < 4.78 is 10.7. The number of halogens is 1. The smallest absolute Gasteiger partial charge is 0.319 e. The first-order valence-corrected chi connectivity index (χ1v) is 7.13. The lowest BCUT2D eigenvalue weighted by molar-refractivity contribution is 0.246. The molecule has 0 heterocycles. The summed E-state index contributed by atoms with van der Waals surface area (Å²) in [7, 11) is 1.58. The first-order valence-electron chi connectivity index (χ1n) is 6.76. The highest BCUT2D eigenvalue weighted by atomic mass is 35.5. The normalized spacial score (nSPS) is 9.91. The summed E-state index contributed by atoms with van der Waals surface area (Å²) in [6, 6.07) is 14.0. The number of benzene rings is 2. The van der Waals surface area contributed by atoms with Gasteiger partial charge in [-0.2, -0.15) is 0 Å². The van der Waals surface area contributed by atoms with Crippen molar-refractivity contribution in [3.63, 3.8) is 0 Å². The molecule has 116 valence electrons. The van der Waals surface area contributed by atoms with Crippen molar-refractivity contribution in [3.8, 4) is 11.5 Å². The Labute approximate surface area is 134 Å². The molecule has 2 aromatic carbocycles. The van der Waals surface area contributed by atoms with Crippen LogP contribution in [0, 0.1) is 0 Å². The second-order valence-electron chi connectivity index (χ2n) is 4.36. The van der Waals surface area contributed by atoms with Gasteiger partial charge in [-0.05, 0) is 24.3 Å². The third-order valence-corrected chi connectivity index (χ3v) is 3.17. The minimum absolute atomic E-state index is 0.330. The van der Waals surface area contributed by atoms with Gasteiger partial charge in [0.2, 0.25) is 0 Å². The highest BCUT2D eigenvalue weighted by Gasteiger charge is 2.05. The van der Waals surface area contributed by atoms with E-state index in [4.69, 9.17) is 21.1 Å². The molecule has 0 atom stereocenters. The average molecular weight is 321 g/mol. The van der Waals surface area contributed by atoms with Crippen LogP contribution in [0.3, 0.4) is 0 Å². The molecule has 0 radical (unpaired) electrons. The van der Waals surface area contributed by atoms with Crippen molar-refractivity contribution in [2.24, 2.45) is 0 Å². The molecule has 2 amide bonds. The van der Waals surface area contributed by atoms with E-state index >= 15 is 0 Å². The third-order valence-electron chi connectivity index (χ3n) is 2.84. The van der Waals surface area contributed by atoms with Crippen LogP contribution in [0.2, 0.25) is 5.02 Å². The van der Waals surface area contributed by atoms with Crippen LogP contribution in [-0.2, 0) is 0 Å². The van der Waals surface area contributed by atoms with Gasteiger partial charge in [-0.25, -0.2) is 4.79 Å². The van der Waals surface area contributed by atoms with E-state index < -0.39 is 0 Å². The number of hydrogen-bond donors (Lipinski definition) is 2. The number of para-hydroxylation sites is 3. The van der Waals surface area contributed by atoms with Crippen LogP contribution in [0.5, 0.6) is 11.5 Å². The van der Waals surface area contributed by atoms with Crippen molar-refractivity contribution in [2.75, 3.05) is 25.6 Å². The van der Waals surface area contributed by atoms with E-state index in [0.717, 1.165) is 0 Å². The van der Waals surface area contributed by atoms with E-state index in [1.165, 1.54) is 0 Å². The van der Waals surface area contributed by atoms with Gasteiger partial charge < -0.3 is 20.1 Å². The number of amides is 2. The van der Waals surface area contributed by atoms with Crippen molar-refractivity contribution in [1.29, 1.82) is 0 Å². The summed E-state index contributed by atoms with van der Waals surface area (Å²) in [6.45, 7) is 0.685. The maximum atomic E-state index is 11.7. The fourth-order valence-electron chi connectivity index (χ4n) is 1.79. The fraction of sp³-hybridized carbons (Fsp3) is 0.188. The monoisotopic (exact) mass is 320 g/mol. The number of nitrogens with one attached hydrogen (secondary N) is 2. The SMILES string of the molecule is COc1ccccc1OCCNC(=O)Nc1ccccc1Cl. The maximum absolute atomic E-state index is 11.7. The fourth-order valence-corrected chi connectivity index (χ4v) is 1.98. The number of ether oxygens (including phenoxy) is 2. The van der Waals surface area contributed by atoms with Crippen LogP contribution < -0.4 is 20.1 Å². The van der Waals surface area contributed by atoms with E-state index in [-0.39, 0.29) is 6.03 Å². The molecule has 2 N–H and O–H groups in total. The van der Waals surface area contributed by atoms with E-state index in [2.05, 4.69) is 10.6 Å². The highest BCUT2D eigenvalue weighted by Crippen LogP contribution is 2.25. The second kappa shape index (κ2) is 8.14. The molecule has 2 rings (SSSR count). The molecular weight excluding hydrogens is 304 g/mol. The Morgan fingerprint density at radius 2 is 1.77 bits per heavy atom. The number of methoxy groups -OCH3 is 1. The van der Waals surface area contributed by atoms with E-state index in [9.17, 15) is 4.79 Å². The van der Waals surface area contributed by atoms with E-state index in [1.54, 1.807) is 31.4 Å². The predicted molar refractivity (Wildman–Crippen MR) is 87.0 cm³/mol. The molecule has 0 fully saturated rings. The zero-order valence-corrected chi connectivity index (χ0v) is 12.9. The molecular formula is C16H17ClN2O3. The molecule has 0 saturated carbocycles. The molecule has 22 heavy (non-hydrogen) atoms. The van der Waals surface area contributed by atoms with E-state index in [1.807, 2.05) is 24.3 Å². The van der Waals surface area contributed by atoms with Crippen LogP contribution in [0.25, 0.3) is 0 Å².